The Hall–Kier alpha value is -3.42. The highest BCUT2D eigenvalue weighted by Gasteiger charge is 2.56. The highest BCUT2D eigenvalue weighted by molar-refractivity contribution is 6.38. The Morgan fingerprint density at radius 3 is 2.40 bits per heavy atom. The Balaban J connectivity index is 1.39. The molecule has 262 valence electrons. The number of alkyl carbamates (subject to hydrolysis) is 1. The molecule has 48 heavy (non-hydrogen) atoms. The van der Waals surface area contributed by atoms with Crippen LogP contribution in [-0.4, -0.2) is 95.8 Å². The lowest BCUT2D eigenvalue weighted by Gasteiger charge is -2.35. The van der Waals surface area contributed by atoms with Crippen molar-refractivity contribution >= 4 is 58.5 Å². The van der Waals surface area contributed by atoms with Crippen molar-refractivity contribution in [1.82, 2.24) is 20.9 Å². The van der Waals surface area contributed by atoms with Crippen molar-refractivity contribution in [3.63, 3.8) is 0 Å². The normalized spacial score (nSPS) is 24.8. The molecule has 0 bridgehead atoms. The van der Waals surface area contributed by atoms with Crippen LogP contribution in [0.3, 0.4) is 0 Å². The van der Waals surface area contributed by atoms with Gasteiger partial charge in [-0.1, -0.05) is 62.5 Å². The number of hydrogen-bond donors (Lipinski definition) is 3. The number of benzene rings is 1. The van der Waals surface area contributed by atoms with Gasteiger partial charge in [0.25, 0.3) is 5.91 Å². The molecule has 2 saturated heterocycles. The van der Waals surface area contributed by atoms with E-state index in [0.717, 1.165) is 12.8 Å². The molecule has 1 aromatic carbocycles. The first-order valence-electron chi connectivity index (χ1n) is 16.4. The third kappa shape index (κ3) is 8.59. The number of ether oxygens (including phenoxy) is 2. The van der Waals surface area contributed by atoms with E-state index < -0.39 is 64.8 Å². The number of hydrogen-bond acceptors (Lipinski definition) is 9. The van der Waals surface area contributed by atoms with E-state index in [0.29, 0.717) is 40.8 Å². The Morgan fingerprint density at radius 2 is 1.79 bits per heavy atom. The molecule has 3 heterocycles. The molecule has 5 rings (SSSR count). The summed E-state index contributed by atoms with van der Waals surface area (Å²) in [6.45, 7) is 7.92. The Morgan fingerprint density at radius 1 is 1.08 bits per heavy atom. The monoisotopic (exact) mass is 707 g/mol. The molecule has 13 nitrogen and oxygen atoms in total. The quantitative estimate of drug-likeness (QED) is 0.294. The summed E-state index contributed by atoms with van der Waals surface area (Å²) in [5.74, 6) is -2.64. The van der Waals surface area contributed by atoms with Gasteiger partial charge in [-0.3, -0.25) is 19.2 Å². The average molecular weight is 709 g/mol. The molecule has 1 spiro atoms. The van der Waals surface area contributed by atoms with Crippen LogP contribution in [-0.2, 0) is 33.5 Å². The maximum Gasteiger partial charge on any atom is 0.408 e. The largest absolute Gasteiger partial charge is 0.444 e. The van der Waals surface area contributed by atoms with Crippen LogP contribution in [0.25, 0.3) is 0 Å². The van der Waals surface area contributed by atoms with Crippen LogP contribution in [0, 0.1) is 5.41 Å². The Kier molecular flexibility index (Phi) is 10.9. The van der Waals surface area contributed by atoms with Crippen LogP contribution in [0.1, 0.15) is 78.2 Å². The van der Waals surface area contributed by atoms with Crippen molar-refractivity contribution in [3.8, 4) is 0 Å². The number of carbonyl (C=O) groups excluding carboxylic acids is 5. The number of halogens is 2. The molecule has 1 aromatic rings. The first-order chi connectivity index (χ1) is 22.7. The molecule has 4 amide bonds. The molecular weight excluding hydrogens is 665 g/mol. The van der Waals surface area contributed by atoms with Gasteiger partial charge < -0.3 is 35.2 Å². The van der Waals surface area contributed by atoms with E-state index in [2.05, 4.69) is 21.1 Å². The second-order valence-corrected chi connectivity index (χ2v) is 15.0. The number of ketones is 1. The fourth-order valence-electron chi connectivity index (χ4n) is 6.20. The van der Waals surface area contributed by atoms with Gasteiger partial charge in [-0.2, -0.15) is 0 Å². The summed E-state index contributed by atoms with van der Waals surface area (Å²) >= 11 is 12.5. The predicted octanol–water partition coefficient (Wildman–Crippen LogP) is 3.52. The van der Waals surface area contributed by atoms with Crippen molar-refractivity contribution < 1.29 is 38.3 Å². The van der Waals surface area contributed by atoms with Gasteiger partial charge in [-0.15, -0.1) is 0 Å². The maximum absolute atomic E-state index is 14.4. The van der Waals surface area contributed by atoms with E-state index in [4.69, 9.17) is 37.5 Å². The zero-order valence-corrected chi connectivity index (χ0v) is 29.1. The number of amides is 4. The van der Waals surface area contributed by atoms with E-state index in [1.54, 1.807) is 39.0 Å². The van der Waals surface area contributed by atoms with Gasteiger partial charge in [0, 0.05) is 40.9 Å². The van der Waals surface area contributed by atoms with Crippen LogP contribution in [0.15, 0.2) is 23.4 Å². The SMILES string of the molecule is CCC[C@H](NC(=O)C1C[C@@]2(CC(c3cc(Cl)cc(Cl)c3)=NO2)CN1C(=O)[C@@H](NC(=O)O[C@H]1CCOC1)C(C)(C)C)C(=O)C(=O)NC1CC1. The smallest absolute Gasteiger partial charge is 0.408 e. The standard InChI is InChI=1S/C33H43Cl2N5O8/c1-5-6-23(26(41)29(43)36-21-7-8-21)37-28(42)25-15-33(14-24(39-48-33)18-11-19(34)13-20(35)12-18)17-40(25)30(44)27(32(2,3)4)38-31(45)47-22-9-10-46-16-22/h11-13,21-23,25,27H,5-10,14-17H2,1-4H3,(H,36,43)(H,37,42)(H,38,45)/t22-,23-,25?,27+,33-/m0/s1. The summed E-state index contributed by atoms with van der Waals surface area (Å²) in [5.41, 5.74) is -0.717. The summed E-state index contributed by atoms with van der Waals surface area (Å²) in [6, 6.07) is 1.68. The second kappa shape index (κ2) is 14.6. The number of oxime groups is 1. The zero-order chi connectivity index (χ0) is 34.8. The first-order valence-corrected chi connectivity index (χ1v) is 17.2. The summed E-state index contributed by atoms with van der Waals surface area (Å²) in [7, 11) is 0. The summed E-state index contributed by atoms with van der Waals surface area (Å²) in [6.07, 6.45) is 1.98. The third-order valence-electron chi connectivity index (χ3n) is 8.90. The Bertz CT molecular complexity index is 1450. The van der Waals surface area contributed by atoms with Gasteiger partial charge in [-0.25, -0.2) is 4.79 Å². The fraction of sp³-hybridized carbons (Fsp3) is 0.636. The maximum atomic E-state index is 14.4. The molecule has 5 atom stereocenters. The number of nitrogens with one attached hydrogen (secondary N) is 3. The number of nitrogens with zero attached hydrogens (tertiary/aromatic N) is 2. The van der Waals surface area contributed by atoms with Gasteiger partial charge in [0.2, 0.25) is 17.6 Å². The molecule has 1 saturated carbocycles. The molecule has 3 aliphatic heterocycles. The molecular formula is C33H43Cl2N5O8. The molecule has 15 heteroatoms. The van der Waals surface area contributed by atoms with Crippen molar-refractivity contribution in [1.29, 1.82) is 0 Å². The van der Waals surface area contributed by atoms with E-state index >= 15 is 0 Å². The van der Waals surface area contributed by atoms with E-state index in [1.807, 2.05) is 6.92 Å². The topological polar surface area (TPSA) is 165 Å². The van der Waals surface area contributed by atoms with Gasteiger partial charge >= 0.3 is 6.09 Å². The van der Waals surface area contributed by atoms with Crippen molar-refractivity contribution in [3.05, 3.63) is 33.8 Å². The lowest BCUT2D eigenvalue weighted by Crippen LogP contribution is -2.59. The summed E-state index contributed by atoms with van der Waals surface area (Å²) in [4.78, 5) is 74.6. The highest BCUT2D eigenvalue weighted by atomic mass is 35.5. The minimum Gasteiger partial charge on any atom is -0.444 e. The molecule has 0 radical (unpaired) electrons. The van der Waals surface area contributed by atoms with E-state index in [1.165, 1.54) is 4.90 Å². The number of carbonyl (C=O) groups is 5. The molecule has 1 aliphatic carbocycles. The summed E-state index contributed by atoms with van der Waals surface area (Å²) < 4.78 is 10.8. The average Bonchev–Trinajstić information content (AvgIpc) is 3.37. The van der Waals surface area contributed by atoms with Crippen LogP contribution in [0.4, 0.5) is 4.79 Å². The van der Waals surface area contributed by atoms with Crippen LogP contribution < -0.4 is 16.0 Å². The van der Waals surface area contributed by atoms with Crippen LogP contribution >= 0.6 is 23.2 Å². The van der Waals surface area contributed by atoms with E-state index in [-0.39, 0.29) is 38.5 Å². The first kappa shape index (κ1) is 35.9. The number of Topliss-reactive ketones (excluding diaryl/α,β-unsaturated/α-hetero) is 1. The zero-order valence-electron chi connectivity index (χ0n) is 27.6. The fourth-order valence-corrected chi connectivity index (χ4v) is 6.72. The number of likely N-dealkylation sites (tertiary alicyclic amines) is 1. The van der Waals surface area contributed by atoms with Gasteiger partial charge in [0.05, 0.1) is 31.5 Å². The van der Waals surface area contributed by atoms with Crippen LogP contribution in [0.2, 0.25) is 10.0 Å². The van der Waals surface area contributed by atoms with Crippen molar-refractivity contribution in [2.45, 2.75) is 109 Å². The van der Waals surface area contributed by atoms with E-state index in [9.17, 15) is 24.0 Å². The van der Waals surface area contributed by atoms with Crippen molar-refractivity contribution in [2.24, 2.45) is 10.6 Å². The molecule has 1 unspecified atom stereocenters. The molecule has 4 aliphatic rings. The lowest BCUT2D eigenvalue weighted by molar-refractivity contribution is -0.144. The second-order valence-electron chi connectivity index (χ2n) is 14.1. The summed E-state index contributed by atoms with van der Waals surface area (Å²) in [5, 5.41) is 13.3. The third-order valence-corrected chi connectivity index (χ3v) is 9.34. The lowest BCUT2D eigenvalue weighted by atomic mass is 9.85. The van der Waals surface area contributed by atoms with Gasteiger partial charge in [-0.05, 0) is 42.9 Å². The van der Waals surface area contributed by atoms with Gasteiger partial charge in [0.1, 0.15) is 18.2 Å². The van der Waals surface area contributed by atoms with Crippen molar-refractivity contribution in [2.75, 3.05) is 19.8 Å². The number of rotatable bonds is 11. The minimum atomic E-state index is -1.11. The molecule has 3 fully saturated rings. The van der Waals surface area contributed by atoms with Crippen LogP contribution in [0.5, 0.6) is 0 Å². The molecule has 0 aromatic heterocycles. The molecule has 3 N–H and O–H groups in total. The predicted molar refractivity (Wildman–Crippen MR) is 177 cm³/mol. The highest BCUT2D eigenvalue weighted by Crippen LogP contribution is 2.40. The minimum absolute atomic E-state index is 0.0277. The Labute approximate surface area is 289 Å². The van der Waals surface area contributed by atoms with Gasteiger partial charge in [0.15, 0.2) is 5.60 Å².